The molecule has 0 aromatic carbocycles. The van der Waals surface area contributed by atoms with Crippen LogP contribution in [0.1, 0.15) is 52.9 Å². The van der Waals surface area contributed by atoms with Crippen LogP contribution in [0.15, 0.2) is 0 Å². The van der Waals surface area contributed by atoms with E-state index in [4.69, 9.17) is 0 Å². The molecular formula is C15H28N2. The van der Waals surface area contributed by atoms with Gasteiger partial charge in [-0.3, -0.25) is 4.90 Å². The fourth-order valence-electron chi connectivity index (χ4n) is 3.56. The number of hydrogen-bond donors (Lipinski definition) is 1. The number of rotatable bonds is 4. The molecule has 2 nitrogen and oxygen atoms in total. The van der Waals surface area contributed by atoms with Crippen LogP contribution in [0.25, 0.3) is 0 Å². The largest absolute Gasteiger partial charge is 0.309 e. The van der Waals surface area contributed by atoms with Crippen LogP contribution in [-0.2, 0) is 0 Å². The molecule has 3 fully saturated rings. The quantitative estimate of drug-likeness (QED) is 0.807. The van der Waals surface area contributed by atoms with Gasteiger partial charge in [0.2, 0.25) is 0 Å². The van der Waals surface area contributed by atoms with Gasteiger partial charge in [0.1, 0.15) is 0 Å². The first-order chi connectivity index (χ1) is 8.13. The third kappa shape index (κ3) is 2.39. The zero-order valence-electron chi connectivity index (χ0n) is 11.7. The van der Waals surface area contributed by atoms with E-state index in [1.54, 1.807) is 0 Å². The highest BCUT2D eigenvalue weighted by Crippen LogP contribution is 2.48. The Bertz CT molecular complexity index is 271. The maximum absolute atomic E-state index is 3.76. The summed E-state index contributed by atoms with van der Waals surface area (Å²) in [7, 11) is 0. The molecule has 0 aromatic heterocycles. The monoisotopic (exact) mass is 236 g/mol. The Hall–Kier alpha value is -0.0800. The molecule has 0 bridgehead atoms. The second-order valence-corrected chi connectivity index (χ2v) is 6.98. The van der Waals surface area contributed by atoms with Crippen molar-refractivity contribution in [3.05, 3.63) is 0 Å². The van der Waals surface area contributed by atoms with Crippen molar-refractivity contribution in [3.8, 4) is 0 Å². The highest BCUT2D eigenvalue weighted by atomic mass is 15.3. The standard InChI is InChI=1S/C15H28N2/c1-4-15(3)10-17(11(2)9-16-15)14(12-5-6-12)13-7-8-13/h11-14,16H,4-10H2,1-3H3. The van der Waals surface area contributed by atoms with Gasteiger partial charge in [-0.25, -0.2) is 0 Å². The Balaban J connectivity index is 1.73. The highest BCUT2D eigenvalue weighted by Gasteiger charge is 2.48. The minimum Gasteiger partial charge on any atom is -0.309 e. The van der Waals surface area contributed by atoms with Crippen LogP contribution in [-0.4, -0.2) is 35.6 Å². The smallest absolute Gasteiger partial charge is 0.0278 e. The van der Waals surface area contributed by atoms with E-state index >= 15 is 0 Å². The minimum atomic E-state index is 0.356. The van der Waals surface area contributed by atoms with Crippen molar-refractivity contribution in [1.29, 1.82) is 0 Å². The summed E-state index contributed by atoms with van der Waals surface area (Å²) in [5.41, 5.74) is 0.356. The topological polar surface area (TPSA) is 15.3 Å². The van der Waals surface area contributed by atoms with E-state index in [2.05, 4.69) is 31.0 Å². The van der Waals surface area contributed by atoms with E-state index in [-0.39, 0.29) is 0 Å². The Morgan fingerprint density at radius 1 is 1.24 bits per heavy atom. The van der Waals surface area contributed by atoms with Gasteiger partial charge in [0.05, 0.1) is 0 Å². The molecule has 3 rings (SSSR count). The fraction of sp³-hybridized carbons (Fsp3) is 1.00. The first kappa shape index (κ1) is 12.0. The van der Waals surface area contributed by atoms with Gasteiger partial charge in [-0.15, -0.1) is 0 Å². The molecule has 0 amide bonds. The van der Waals surface area contributed by atoms with Crippen LogP contribution < -0.4 is 5.32 Å². The SMILES string of the molecule is CCC1(C)CN(C(C2CC2)C2CC2)C(C)CN1. The summed E-state index contributed by atoms with van der Waals surface area (Å²) in [6, 6.07) is 1.67. The molecule has 2 unspecified atom stereocenters. The minimum absolute atomic E-state index is 0.356. The van der Waals surface area contributed by atoms with Gasteiger partial charge in [0.15, 0.2) is 0 Å². The van der Waals surface area contributed by atoms with E-state index < -0.39 is 0 Å². The Morgan fingerprint density at radius 3 is 2.29 bits per heavy atom. The summed E-state index contributed by atoms with van der Waals surface area (Å²) in [5.74, 6) is 2.09. The summed E-state index contributed by atoms with van der Waals surface area (Å²) in [6.45, 7) is 9.59. The van der Waals surface area contributed by atoms with Crippen LogP contribution in [0.3, 0.4) is 0 Å². The van der Waals surface area contributed by atoms with Crippen LogP contribution in [0.4, 0.5) is 0 Å². The third-order valence-corrected chi connectivity index (χ3v) is 5.30. The van der Waals surface area contributed by atoms with Crippen molar-refractivity contribution >= 4 is 0 Å². The van der Waals surface area contributed by atoms with E-state index in [1.165, 1.54) is 45.2 Å². The molecule has 1 heterocycles. The van der Waals surface area contributed by atoms with Gasteiger partial charge in [0.25, 0.3) is 0 Å². The van der Waals surface area contributed by atoms with Gasteiger partial charge in [0, 0.05) is 30.7 Å². The zero-order valence-corrected chi connectivity index (χ0v) is 11.7. The Morgan fingerprint density at radius 2 is 1.82 bits per heavy atom. The normalized spacial score (nSPS) is 39.9. The zero-order chi connectivity index (χ0) is 12.0. The summed E-state index contributed by atoms with van der Waals surface area (Å²) < 4.78 is 0. The molecule has 2 atom stereocenters. The first-order valence-corrected chi connectivity index (χ1v) is 7.64. The summed E-state index contributed by atoms with van der Waals surface area (Å²) >= 11 is 0. The van der Waals surface area contributed by atoms with Crippen molar-refractivity contribution in [1.82, 2.24) is 10.2 Å². The molecule has 0 aromatic rings. The van der Waals surface area contributed by atoms with Crippen LogP contribution in [0.2, 0.25) is 0 Å². The fourth-order valence-corrected chi connectivity index (χ4v) is 3.56. The summed E-state index contributed by atoms with van der Waals surface area (Å²) in [5, 5.41) is 3.76. The van der Waals surface area contributed by atoms with E-state index in [0.717, 1.165) is 23.9 Å². The average molecular weight is 236 g/mol. The molecule has 1 N–H and O–H groups in total. The lowest BCUT2D eigenvalue weighted by Gasteiger charge is -2.48. The van der Waals surface area contributed by atoms with Crippen molar-refractivity contribution in [2.24, 2.45) is 11.8 Å². The molecule has 3 aliphatic rings. The molecule has 0 spiro atoms. The number of piperazine rings is 1. The van der Waals surface area contributed by atoms with Crippen molar-refractivity contribution < 1.29 is 0 Å². The van der Waals surface area contributed by atoms with Crippen molar-refractivity contribution in [2.75, 3.05) is 13.1 Å². The maximum atomic E-state index is 3.76. The molecule has 98 valence electrons. The van der Waals surface area contributed by atoms with Gasteiger partial charge < -0.3 is 5.32 Å². The lowest BCUT2D eigenvalue weighted by molar-refractivity contribution is 0.0354. The second kappa shape index (κ2) is 4.24. The first-order valence-electron chi connectivity index (χ1n) is 7.64. The van der Waals surface area contributed by atoms with Crippen molar-refractivity contribution in [2.45, 2.75) is 70.5 Å². The lowest BCUT2D eigenvalue weighted by atomic mass is 9.90. The lowest BCUT2D eigenvalue weighted by Crippen LogP contribution is -2.64. The average Bonchev–Trinajstić information content (AvgIpc) is 3.16. The van der Waals surface area contributed by atoms with E-state index in [0.29, 0.717) is 5.54 Å². The van der Waals surface area contributed by atoms with E-state index in [1.807, 2.05) is 0 Å². The Kier molecular flexibility index (Phi) is 2.99. The van der Waals surface area contributed by atoms with Gasteiger partial charge >= 0.3 is 0 Å². The molecule has 2 heteroatoms. The van der Waals surface area contributed by atoms with Gasteiger partial charge in [-0.2, -0.15) is 0 Å². The predicted octanol–water partition coefficient (Wildman–Crippen LogP) is 2.64. The Labute approximate surface area is 106 Å². The molecule has 17 heavy (non-hydrogen) atoms. The predicted molar refractivity (Wildman–Crippen MR) is 72.1 cm³/mol. The molecule has 2 saturated carbocycles. The molecule has 1 aliphatic heterocycles. The third-order valence-electron chi connectivity index (χ3n) is 5.30. The highest BCUT2D eigenvalue weighted by molar-refractivity contribution is 5.03. The van der Waals surface area contributed by atoms with E-state index in [9.17, 15) is 0 Å². The van der Waals surface area contributed by atoms with Gasteiger partial charge in [-0.1, -0.05) is 6.92 Å². The molecule has 2 aliphatic carbocycles. The van der Waals surface area contributed by atoms with Crippen LogP contribution >= 0.6 is 0 Å². The number of hydrogen-bond acceptors (Lipinski definition) is 2. The number of nitrogens with one attached hydrogen (secondary N) is 1. The number of nitrogens with zero attached hydrogens (tertiary/aromatic N) is 1. The van der Waals surface area contributed by atoms with Crippen LogP contribution in [0, 0.1) is 11.8 Å². The van der Waals surface area contributed by atoms with Gasteiger partial charge in [-0.05, 0) is 57.8 Å². The molecule has 0 radical (unpaired) electrons. The van der Waals surface area contributed by atoms with Crippen molar-refractivity contribution in [3.63, 3.8) is 0 Å². The second-order valence-electron chi connectivity index (χ2n) is 6.98. The summed E-state index contributed by atoms with van der Waals surface area (Å²) in [6.07, 6.45) is 7.25. The maximum Gasteiger partial charge on any atom is 0.0278 e. The summed E-state index contributed by atoms with van der Waals surface area (Å²) in [4.78, 5) is 2.87. The van der Waals surface area contributed by atoms with Crippen LogP contribution in [0.5, 0.6) is 0 Å². The molecule has 1 saturated heterocycles. The molecular weight excluding hydrogens is 208 g/mol.